The molecule has 6 heteroatoms. The minimum absolute atomic E-state index is 0.133. The molecule has 0 radical (unpaired) electrons. The summed E-state index contributed by atoms with van der Waals surface area (Å²) in [6, 6.07) is 6.30. The maximum atomic E-state index is 12.9. The van der Waals surface area contributed by atoms with E-state index < -0.39 is 12.3 Å². The van der Waals surface area contributed by atoms with Crippen molar-refractivity contribution < 1.29 is 22.7 Å². The number of ether oxygens (including phenoxy) is 1. The third kappa shape index (κ3) is 4.28. The van der Waals surface area contributed by atoms with Crippen LogP contribution in [0.3, 0.4) is 0 Å². The van der Waals surface area contributed by atoms with Gasteiger partial charge in [0.1, 0.15) is 5.75 Å². The molecule has 1 aromatic rings. The molecule has 1 amide bonds. The largest absolute Gasteiger partial charge is 0.481 e. The summed E-state index contributed by atoms with van der Waals surface area (Å²) in [5.74, 6) is 0.280. The van der Waals surface area contributed by atoms with Crippen LogP contribution >= 0.6 is 0 Å². The van der Waals surface area contributed by atoms with Gasteiger partial charge in [-0.2, -0.15) is 13.2 Å². The van der Waals surface area contributed by atoms with Crippen molar-refractivity contribution in [2.45, 2.75) is 65.2 Å². The maximum Gasteiger partial charge on any atom is 0.425 e. The monoisotopic (exact) mass is 357 g/mol. The van der Waals surface area contributed by atoms with Gasteiger partial charge in [0.25, 0.3) is 0 Å². The van der Waals surface area contributed by atoms with Crippen molar-refractivity contribution in [1.82, 2.24) is 0 Å². The fourth-order valence-corrected chi connectivity index (χ4v) is 3.59. The fourth-order valence-electron chi connectivity index (χ4n) is 3.59. The third-order valence-electron chi connectivity index (χ3n) is 4.89. The molecule has 1 aromatic carbocycles. The van der Waals surface area contributed by atoms with Crippen LogP contribution in [0.25, 0.3) is 0 Å². The summed E-state index contributed by atoms with van der Waals surface area (Å²) in [6.07, 6.45) is -1.77. The molecule has 0 saturated carbocycles. The lowest BCUT2D eigenvalue weighted by Gasteiger charge is -2.27. The van der Waals surface area contributed by atoms with Crippen molar-refractivity contribution in [2.75, 3.05) is 11.4 Å². The Bertz CT molecular complexity index is 577. The standard InChI is InChI=1S/C19H26F3NO2/c1-4-10-18(11-5-2)12-13-23(17(18)24)15-6-8-16(9-7-15)25-14(3)19(20,21)22/h6-9,14H,4-5,10-13H2,1-3H3/t14-/m0/s1. The number of alkyl halides is 3. The molecule has 140 valence electrons. The molecule has 0 N–H and O–H groups in total. The molecule has 0 aliphatic carbocycles. The van der Waals surface area contributed by atoms with Crippen LogP contribution in [0, 0.1) is 5.41 Å². The number of amides is 1. The van der Waals surface area contributed by atoms with Crippen LogP contribution in [-0.4, -0.2) is 24.7 Å². The van der Waals surface area contributed by atoms with Crippen LogP contribution in [0.2, 0.25) is 0 Å². The highest BCUT2D eigenvalue weighted by atomic mass is 19.4. The normalized spacial score (nSPS) is 18.5. The summed E-state index contributed by atoms with van der Waals surface area (Å²) in [5, 5.41) is 0. The van der Waals surface area contributed by atoms with Gasteiger partial charge in [0.2, 0.25) is 5.91 Å². The van der Waals surface area contributed by atoms with Crippen LogP contribution in [0.4, 0.5) is 18.9 Å². The van der Waals surface area contributed by atoms with E-state index >= 15 is 0 Å². The van der Waals surface area contributed by atoms with E-state index in [1.807, 2.05) is 0 Å². The van der Waals surface area contributed by atoms with Crippen molar-refractivity contribution in [1.29, 1.82) is 0 Å². The molecule has 1 atom stereocenters. The molecule has 1 aliphatic heterocycles. The molecule has 0 aromatic heterocycles. The van der Waals surface area contributed by atoms with Gasteiger partial charge in [-0.1, -0.05) is 26.7 Å². The van der Waals surface area contributed by atoms with Crippen molar-refractivity contribution in [3.05, 3.63) is 24.3 Å². The first-order chi connectivity index (χ1) is 11.7. The summed E-state index contributed by atoms with van der Waals surface area (Å²) < 4.78 is 42.6. The van der Waals surface area contributed by atoms with E-state index in [0.717, 1.165) is 39.0 Å². The highest BCUT2D eigenvalue weighted by Gasteiger charge is 2.45. The Morgan fingerprint density at radius 1 is 1.16 bits per heavy atom. The second kappa shape index (κ2) is 7.67. The minimum atomic E-state index is -4.40. The average molecular weight is 357 g/mol. The van der Waals surface area contributed by atoms with Gasteiger partial charge >= 0.3 is 6.18 Å². The van der Waals surface area contributed by atoms with Gasteiger partial charge in [0.05, 0.1) is 5.41 Å². The molecule has 25 heavy (non-hydrogen) atoms. The second-order valence-corrected chi connectivity index (χ2v) is 6.78. The zero-order valence-corrected chi connectivity index (χ0v) is 15.0. The van der Waals surface area contributed by atoms with Crippen molar-refractivity contribution in [3.8, 4) is 5.75 Å². The van der Waals surface area contributed by atoms with Gasteiger partial charge in [-0.3, -0.25) is 4.79 Å². The molecule has 0 spiro atoms. The number of carbonyl (C=O) groups is 1. The lowest BCUT2D eigenvalue weighted by molar-refractivity contribution is -0.189. The Labute approximate surface area is 147 Å². The zero-order valence-electron chi connectivity index (χ0n) is 15.0. The fraction of sp³-hybridized carbons (Fsp3) is 0.632. The number of rotatable bonds is 7. The lowest BCUT2D eigenvalue weighted by Crippen LogP contribution is -2.34. The Kier molecular flexibility index (Phi) is 6.01. The third-order valence-corrected chi connectivity index (χ3v) is 4.89. The van der Waals surface area contributed by atoms with Crippen LogP contribution in [0.15, 0.2) is 24.3 Å². The molecule has 1 fully saturated rings. The molecule has 1 aliphatic rings. The first-order valence-electron chi connectivity index (χ1n) is 8.89. The van der Waals surface area contributed by atoms with Crippen LogP contribution < -0.4 is 9.64 Å². The summed E-state index contributed by atoms with van der Waals surface area (Å²) in [4.78, 5) is 14.7. The number of nitrogens with zero attached hydrogens (tertiary/aromatic N) is 1. The van der Waals surface area contributed by atoms with Crippen LogP contribution in [0.5, 0.6) is 5.75 Å². The van der Waals surface area contributed by atoms with Gasteiger partial charge in [0.15, 0.2) is 6.10 Å². The topological polar surface area (TPSA) is 29.5 Å². The number of carbonyl (C=O) groups excluding carboxylic acids is 1. The Morgan fingerprint density at radius 2 is 1.72 bits per heavy atom. The van der Waals surface area contributed by atoms with E-state index in [0.29, 0.717) is 12.2 Å². The zero-order chi connectivity index (χ0) is 18.7. The highest BCUT2D eigenvalue weighted by molar-refractivity contribution is 5.99. The Hall–Kier alpha value is -1.72. The number of hydrogen-bond donors (Lipinski definition) is 0. The predicted molar refractivity (Wildman–Crippen MR) is 91.8 cm³/mol. The van der Waals surface area contributed by atoms with Gasteiger partial charge in [-0.15, -0.1) is 0 Å². The van der Waals surface area contributed by atoms with Crippen molar-refractivity contribution in [3.63, 3.8) is 0 Å². The smallest absolute Gasteiger partial charge is 0.425 e. The summed E-state index contributed by atoms with van der Waals surface area (Å²) >= 11 is 0. The molecule has 0 unspecified atom stereocenters. The van der Waals surface area contributed by atoms with Crippen LogP contribution in [-0.2, 0) is 4.79 Å². The summed E-state index contributed by atoms with van der Waals surface area (Å²) in [6.45, 7) is 5.79. The lowest BCUT2D eigenvalue weighted by atomic mass is 9.78. The number of benzene rings is 1. The van der Waals surface area contributed by atoms with E-state index in [1.54, 1.807) is 17.0 Å². The minimum Gasteiger partial charge on any atom is -0.481 e. The average Bonchev–Trinajstić information content (AvgIpc) is 2.85. The highest BCUT2D eigenvalue weighted by Crippen LogP contribution is 2.42. The first kappa shape index (κ1) is 19.6. The number of anilines is 1. The van der Waals surface area contributed by atoms with E-state index in [9.17, 15) is 18.0 Å². The molecule has 3 nitrogen and oxygen atoms in total. The van der Waals surface area contributed by atoms with E-state index in [1.165, 1.54) is 12.1 Å². The molecule has 0 bridgehead atoms. The Morgan fingerprint density at radius 3 is 2.20 bits per heavy atom. The number of hydrogen-bond acceptors (Lipinski definition) is 2. The maximum absolute atomic E-state index is 12.9. The van der Waals surface area contributed by atoms with E-state index in [4.69, 9.17) is 4.74 Å². The van der Waals surface area contributed by atoms with Crippen molar-refractivity contribution >= 4 is 11.6 Å². The van der Waals surface area contributed by atoms with Crippen LogP contribution in [0.1, 0.15) is 52.9 Å². The molecular formula is C19H26F3NO2. The quantitative estimate of drug-likeness (QED) is 0.659. The van der Waals surface area contributed by atoms with Gasteiger partial charge in [-0.25, -0.2) is 0 Å². The van der Waals surface area contributed by atoms with Crippen molar-refractivity contribution in [2.24, 2.45) is 5.41 Å². The summed E-state index contributed by atoms with van der Waals surface area (Å²) in [5.41, 5.74) is 0.426. The Balaban J connectivity index is 2.11. The van der Waals surface area contributed by atoms with E-state index in [-0.39, 0.29) is 17.1 Å². The van der Waals surface area contributed by atoms with Gasteiger partial charge in [-0.05, 0) is 50.5 Å². The molecule has 1 saturated heterocycles. The van der Waals surface area contributed by atoms with Gasteiger partial charge < -0.3 is 9.64 Å². The SMILES string of the molecule is CCCC1(CCC)CCN(c2ccc(O[C@@H](C)C(F)(F)F)cc2)C1=O. The van der Waals surface area contributed by atoms with Gasteiger partial charge in [0, 0.05) is 12.2 Å². The summed E-state index contributed by atoms with van der Waals surface area (Å²) in [7, 11) is 0. The first-order valence-corrected chi connectivity index (χ1v) is 8.89. The number of halogens is 3. The second-order valence-electron chi connectivity index (χ2n) is 6.78. The molecule has 2 rings (SSSR count). The molecule has 1 heterocycles. The predicted octanol–water partition coefficient (Wildman–Crippen LogP) is 5.34. The molecular weight excluding hydrogens is 331 g/mol. The van der Waals surface area contributed by atoms with E-state index in [2.05, 4.69) is 13.8 Å².